The van der Waals surface area contributed by atoms with E-state index in [2.05, 4.69) is 5.32 Å². The van der Waals surface area contributed by atoms with Crippen LogP contribution in [0, 0.1) is 5.92 Å². The summed E-state index contributed by atoms with van der Waals surface area (Å²) in [6.45, 7) is 5.39. The van der Waals surface area contributed by atoms with Gasteiger partial charge in [-0.2, -0.15) is 0 Å². The van der Waals surface area contributed by atoms with Crippen molar-refractivity contribution in [1.29, 1.82) is 0 Å². The Kier molecular flexibility index (Phi) is 8.18. The summed E-state index contributed by atoms with van der Waals surface area (Å²) in [5.41, 5.74) is 0.753. The first-order valence-electron chi connectivity index (χ1n) is 8.10. The topological polar surface area (TPSA) is 102 Å². The van der Waals surface area contributed by atoms with Gasteiger partial charge in [0, 0.05) is 0 Å². The van der Waals surface area contributed by atoms with Gasteiger partial charge in [0.1, 0.15) is 12.4 Å². The number of aliphatic hydroxyl groups is 1. The van der Waals surface area contributed by atoms with Crippen molar-refractivity contribution in [2.75, 3.05) is 31.8 Å². The van der Waals surface area contributed by atoms with Crippen LogP contribution in [0.15, 0.2) is 18.2 Å². The summed E-state index contributed by atoms with van der Waals surface area (Å²) in [5, 5.41) is 11.5. The number of methoxy groups -OCH3 is 1. The molecule has 0 saturated carbocycles. The SMILES string of the molecule is COc1cc([C@H](C)NC(=O)CS(=O)(=O)CC(C)C)ccc1OCCO. The smallest absolute Gasteiger partial charge is 0.235 e. The number of hydrogen-bond acceptors (Lipinski definition) is 6. The molecule has 0 aromatic heterocycles. The maximum absolute atomic E-state index is 12.0. The summed E-state index contributed by atoms with van der Waals surface area (Å²) in [5.74, 6) is -0.138. The number of sulfone groups is 1. The molecule has 1 atom stereocenters. The first-order chi connectivity index (χ1) is 11.7. The van der Waals surface area contributed by atoms with Gasteiger partial charge in [0.15, 0.2) is 21.3 Å². The average Bonchev–Trinajstić information content (AvgIpc) is 2.50. The molecule has 8 heteroatoms. The standard InChI is InChI=1S/C17H27NO6S/c1-12(2)10-25(21,22)11-17(20)18-13(3)14-5-6-15(24-8-7-19)16(9-14)23-4/h5-6,9,12-13,19H,7-8,10-11H2,1-4H3,(H,18,20)/t13-/m0/s1. The molecule has 1 aromatic carbocycles. The Morgan fingerprint density at radius 2 is 1.92 bits per heavy atom. The van der Waals surface area contributed by atoms with Gasteiger partial charge in [-0.3, -0.25) is 4.79 Å². The van der Waals surface area contributed by atoms with Gasteiger partial charge in [-0.25, -0.2) is 8.42 Å². The predicted octanol–water partition coefficient (Wildman–Crippen LogP) is 1.31. The molecular formula is C17H27NO6S. The van der Waals surface area contributed by atoms with Crippen LogP contribution in [0.5, 0.6) is 11.5 Å². The van der Waals surface area contributed by atoms with Crippen molar-refractivity contribution in [2.24, 2.45) is 5.92 Å². The molecule has 0 unspecified atom stereocenters. The first-order valence-corrected chi connectivity index (χ1v) is 9.92. The summed E-state index contributed by atoms with van der Waals surface area (Å²) in [7, 11) is -1.93. The zero-order valence-electron chi connectivity index (χ0n) is 15.1. The molecule has 0 aliphatic carbocycles. The normalized spacial score (nSPS) is 12.7. The highest BCUT2D eigenvalue weighted by atomic mass is 32.2. The third-order valence-corrected chi connectivity index (χ3v) is 5.23. The third-order valence-electron chi connectivity index (χ3n) is 3.35. The first kappa shape index (κ1) is 21.2. The zero-order chi connectivity index (χ0) is 19.0. The number of carbonyl (C=O) groups is 1. The summed E-state index contributed by atoms with van der Waals surface area (Å²) in [4.78, 5) is 12.0. The molecule has 1 rings (SSSR count). The molecular weight excluding hydrogens is 346 g/mol. The molecule has 0 radical (unpaired) electrons. The van der Waals surface area contributed by atoms with Crippen molar-refractivity contribution >= 4 is 15.7 Å². The summed E-state index contributed by atoms with van der Waals surface area (Å²) < 4.78 is 34.4. The highest BCUT2D eigenvalue weighted by molar-refractivity contribution is 7.92. The van der Waals surface area contributed by atoms with Gasteiger partial charge < -0.3 is 19.9 Å². The Morgan fingerprint density at radius 3 is 2.48 bits per heavy atom. The molecule has 1 aromatic rings. The second-order valence-electron chi connectivity index (χ2n) is 6.22. The number of aliphatic hydroxyl groups excluding tert-OH is 1. The fourth-order valence-electron chi connectivity index (χ4n) is 2.36. The van der Waals surface area contributed by atoms with E-state index in [9.17, 15) is 13.2 Å². The van der Waals surface area contributed by atoms with E-state index in [1.165, 1.54) is 7.11 Å². The molecule has 142 valence electrons. The van der Waals surface area contributed by atoms with Crippen LogP contribution >= 0.6 is 0 Å². The van der Waals surface area contributed by atoms with E-state index >= 15 is 0 Å². The Morgan fingerprint density at radius 1 is 1.24 bits per heavy atom. The van der Waals surface area contributed by atoms with Crippen LogP contribution in [-0.4, -0.2) is 51.3 Å². The second kappa shape index (κ2) is 9.62. The number of hydrogen-bond donors (Lipinski definition) is 2. The summed E-state index contributed by atoms with van der Waals surface area (Å²) in [6, 6.07) is 4.76. The van der Waals surface area contributed by atoms with Crippen LogP contribution in [0.3, 0.4) is 0 Å². The van der Waals surface area contributed by atoms with E-state index < -0.39 is 21.5 Å². The molecule has 0 bridgehead atoms. The number of benzene rings is 1. The largest absolute Gasteiger partial charge is 0.493 e. The van der Waals surface area contributed by atoms with Crippen LogP contribution in [-0.2, 0) is 14.6 Å². The molecule has 0 fully saturated rings. The predicted molar refractivity (Wildman–Crippen MR) is 95.6 cm³/mol. The minimum Gasteiger partial charge on any atom is -0.493 e. The van der Waals surface area contributed by atoms with Crippen LogP contribution in [0.25, 0.3) is 0 Å². The van der Waals surface area contributed by atoms with Gasteiger partial charge >= 0.3 is 0 Å². The summed E-state index contributed by atoms with van der Waals surface area (Å²) >= 11 is 0. The zero-order valence-corrected chi connectivity index (χ0v) is 15.9. The van der Waals surface area contributed by atoms with E-state index in [0.29, 0.717) is 11.5 Å². The Hall–Kier alpha value is -1.80. The van der Waals surface area contributed by atoms with E-state index in [1.807, 2.05) is 0 Å². The maximum Gasteiger partial charge on any atom is 0.235 e. The van der Waals surface area contributed by atoms with Gasteiger partial charge in [0.2, 0.25) is 5.91 Å². The van der Waals surface area contributed by atoms with Crippen LogP contribution in [0.4, 0.5) is 0 Å². The molecule has 7 nitrogen and oxygen atoms in total. The van der Waals surface area contributed by atoms with Crippen molar-refractivity contribution in [1.82, 2.24) is 5.32 Å². The lowest BCUT2D eigenvalue weighted by Crippen LogP contribution is -2.33. The van der Waals surface area contributed by atoms with Crippen LogP contribution in [0.2, 0.25) is 0 Å². The number of carbonyl (C=O) groups excluding carboxylic acids is 1. The van der Waals surface area contributed by atoms with Crippen LogP contribution < -0.4 is 14.8 Å². The summed E-state index contributed by atoms with van der Waals surface area (Å²) in [6.07, 6.45) is 0. The van der Waals surface area contributed by atoms with E-state index in [0.717, 1.165) is 5.56 Å². The van der Waals surface area contributed by atoms with Crippen molar-refractivity contribution in [2.45, 2.75) is 26.8 Å². The highest BCUT2D eigenvalue weighted by Gasteiger charge is 2.20. The van der Waals surface area contributed by atoms with E-state index in [4.69, 9.17) is 14.6 Å². The second-order valence-corrected chi connectivity index (χ2v) is 8.33. The van der Waals surface area contributed by atoms with E-state index in [1.54, 1.807) is 39.0 Å². The van der Waals surface area contributed by atoms with Crippen molar-refractivity contribution in [3.8, 4) is 11.5 Å². The Balaban J connectivity index is 2.76. The Bertz CT molecular complexity index is 672. The average molecular weight is 373 g/mol. The van der Waals surface area contributed by atoms with Gasteiger partial charge in [0.25, 0.3) is 0 Å². The number of amides is 1. The van der Waals surface area contributed by atoms with Crippen LogP contribution in [0.1, 0.15) is 32.4 Å². The molecule has 25 heavy (non-hydrogen) atoms. The van der Waals surface area contributed by atoms with Gasteiger partial charge in [-0.15, -0.1) is 0 Å². The van der Waals surface area contributed by atoms with Gasteiger partial charge in [-0.1, -0.05) is 19.9 Å². The fourth-order valence-corrected chi connectivity index (χ4v) is 3.98. The quantitative estimate of drug-likeness (QED) is 0.641. The molecule has 0 spiro atoms. The maximum atomic E-state index is 12.0. The fraction of sp³-hybridized carbons (Fsp3) is 0.588. The number of ether oxygens (including phenoxy) is 2. The van der Waals surface area contributed by atoms with Gasteiger partial charge in [-0.05, 0) is 30.5 Å². The van der Waals surface area contributed by atoms with Crippen molar-refractivity contribution < 1.29 is 27.8 Å². The minimum absolute atomic E-state index is 0.0144. The Labute approximate surface area is 149 Å². The number of rotatable bonds is 10. The highest BCUT2D eigenvalue weighted by Crippen LogP contribution is 2.30. The molecule has 0 aliphatic rings. The van der Waals surface area contributed by atoms with Gasteiger partial charge in [0.05, 0.1) is 25.5 Å². The lowest BCUT2D eigenvalue weighted by atomic mass is 10.1. The van der Waals surface area contributed by atoms with E-state index in [-0.39, 0.29) is 30.9 Å². The number of nitrogens with one attached hydrogen (secondary N) is 1. The molecule has 1 amide bonds. The van der Waals surface area contributed by atoms with Crippen molar-refractivity contribution in [3.63, 3.8) is 0 Å². The molecule has 0 saturated heterocycles. The van der Waals surface area contributed by atoms with Crippen molar-refractivity contribution in [3.05, 3.63) is 23.8 Å². The third kappa shape index (κ3) is 7.31. The molecule has 0 aliphatic heterocycles. The monoisotopic (exact) mass is 373 g/mol. The lowest BCUT2D eigenvalue weighted by Gasteiger charge is -2.17. The minimum atomic E-state index is -3.42. The molecule has 0 heterocycles. The molecule has 2 N–H and O–H groups in total. The lowest BCUT2D eigenvalue weighted by molar-refractivity contribution is -0.119.